The van der Waals surface area contributed by atoms with E-state index in [-0.39, 0.29) is 24.8 Å². The molecule has 2 aliphatic rings. The van der Waals surface area contributed by atoms with Gasteiger partial charge in [-0.25, -0.2) is 0 Å². The second-order valence-corrected chi connectivity index (χ2v) is 7.86. The van der Waals surface area contributed by atoms with Gasteiger partial charge < -0.3 is 24.8 Å². The fourth-order valence-electron chi connectivity index (χ4n) is 3.53. The molecule has 0 unspecified atom stereocenters. The van der Waals surface area contributed by atoms with Gasteiger partial charge in [0.2, 0.25) is 0 Å². The molecule has 0 bridgehead atoms. The van der Waals surface area contributed by atoms with Crippen LogP contribution >= 0.6 is 11.3 Å². The molecule has 4 N–H and O–H groups in total. The Balaban J connectivity index is 0.00000120. The van der Waals surface area contributed by atoms with Crippen LogP contribution in [0.15, 0.2) is 60.7 Å². The number of amidine groups is 2. The van der Waals surface area contributed by atoms with Crippen molar-refractivity contribution in [2.45, 2.75) is 0 Å². The number of benzene rings is 2. The van der Waals surface area contributed by atoms with E-state index in [2.05, 4.69) is 81.3 Å². The number of nitrogens with one attached hydrogen (secondary N) is 4. The number of thiophene rings is 1. The zero-order valence-corrected chi connectivity index (χ0v) is 18.1. The topological polar surface area (TPSA) is 52.0 Å². The lowest BCUT2D eigenvalue weighted by Crippen LogP contribution is -3.00. The first-order chi connectivity index (χ1) is 13.4. The van der Waals surface area contributed by atoms with Crippen molar-refractivity contribution < 1.29 is 34.8 Å². The molecule has 3 heterocycles. The summed E-state index contributed by atoms with van der Waals surface area (Å²) in [5.74, 6) is 2.27. The van der Waals surface area contributed by atoms with Crippen molar-refractivity contribution in [1.82, 2.24) is 10.6 Å². The molecule has 0 atom stereocenters. The number of halogens is 2. The summed E-state index contributed by atoms with van der Waals surface area (Å²) in [6, 6.07) is 22.0. The summed E-state index contributed by atoms with van der Waals surface area (Å²) in [5.41, 5.74) is 4.96. The monoisotopic (exact) mass is 444 g/mol. The highest BCUT2D eigenvalue weighted by atomic mass is 35.5. The molecule has 0 aliphatic carbocycles. The Morgan fingerprint density at radius 1 is 0.552 bits per heavy atom. The Labute approximate surface area is 187 Å². The van der Waals surface area contributed by atoms with Gasteiger partial charge in [0.25, 0.3) is 11.7 Å². The smallest absolute Gasteiger partial charge is 0.275 e. The molecule has 0 fully saturated rings. The van der Waals surface area contributed by atoms with Crippen molar-refractivity contribution >= 4 is 23.0 Å². The van der Waals surface area contributed by atoms with E-state index in [1.54, 1.807) is 0 Å². The predicted molar refractivity (Wildman–Crippen MR) is 111 cm³/mol. The zero-order chi connectivity index (χ0) is 18.1. The number of hydrogen-bond acceptors (Lipinski definition) is 3. The standard InChI is InChI=1S/C22H20N4S.2ClH/c1-5-17(21-23-11-12-24-21)6-2-15(1)19-9-10-20(27-19)16-3-7-18(8-4-16)22-25-13-14-26-22;;/h1-10H,11-14H2,(H,23,24)(H,25,26);2*1H. The van der Waals surface area contributed by atoms with Gasteiger partial charge in [-0.15, -0.1) is 11.3 Å². The van der Waals surface area contributed by atoms with Crippen molar-refractivity contribution in [3.63, 3.8) is 0 Å². The minimum absolute atomic E-state index is 0. The summed E-state index contributed by atoms with van der Waals surface area (Å²) < 4.78 is 0. The van der Waals surface area contributed by atoms with Crippen LogP contribution in [0.3, 0.4) is 0 Å². The lowest BCUT2D eigenvalue weighted by Gasteiger charge is -2.01. The van der Waals surface area contributed by atoms with Crippen LogP contribution < -0.4 is 45.4 Å². The first-order valence-corrected chi connectivity index (χ1v) is 10.2. The Hall–Kier alpha value is -2.34. The van der Waals surface area contributed by atoms with Crippen LogP contribution in [-0.2, 0) is 0 Å². The molecule has 5 rings (SSSR count). The van der Waals surface area contributed by atoms with Crippen molar-refractivity contribution in [1.29, 1.82) is 0 Å². The molecule has 1 aromatic heterocycles. The van der Waals surface area contributed by atoms with Gasteiger partial charge in [-0.2, -0.15) is 0 Å². The third-order valence-corrected chi connectivity index (χ3v) is 6.16. The zero-order valence-electron chi connectivity index (χ0n) is 15.8. The Kier molecular flexibility index (Phi) is 6.96. The lowest BCUT2D eigenvalue weighted by atomic mass is 10.1. The van der Waals surface area contributed by atoms with Gasteiger partial charge in [-0.1, -0.05) is 24.3 Å². The molecule has 2 aromatic carbocycles. The Morgan fingerprint density at radius 2 is 0.931 bits per heavy atom. The van der Waals surface area contributed by atoms with Crippen LogP contribution in [0.2, 0.25) is 0 Å². The van der Waals surface area contributed by atoms with Gasteiger partial charge >= 0.3 is 0 Å². The van der Waals surface area contributed by atoms with E-state index in [9.17, 15) is 0 Å². The summed E-state index contributed by atoms with van der Waals surface area (Å²) in [4.78, 5) is 9.36. The van der Waals surface area contributed by atoms with E-state index in [1.807, 2.05) is 11.3 Å². The fraction of sp³-hybridized carbons (Fsp3) is 0.182. The van der Waals surface area contributed by atoms with E-state index in [0.29, 0.717) is 0 Å². The number of hydrogen-bond donors (Lipinski definition) is 4. The van der Waals surface area contributed by atoms with Crippen molar-refractivity contribution in [3.05, 3.63) is 71.8 Å². The summed E-state index contributed by atoms with van der Waals surface area (Å²) in [5, 5.41) is 6.76. The van der Waals surface area contributed by atoms with Crippen LogP contribution in [0.5, 0.6) is 0 Å². The summed E-state index contributed by atoms with van der Waals surface area (Å²) in [7, 11) is 0. The fourth-order valence-corrected chi connectivity index (χ4v) is 4.55. The quantitative estimate of drug-likeness (QED) is 0.323. The van der Waals surface area contributed by atoms with Gasteiger partial charge in [0, 0.05) is 9.75 Å². The van der Waals surface area contributed by atoms with Crippen LogP contribution in [0.1, 0.15) is 11.1 Å². The third-order valence-electron chi connectivity index (χ3n) is 4.98. The summed E-state index contributed by atoms with van der Waals surface area (Å²) in [6.45, 7) is 3.98. The average molecular weight is 445 g/mol. The van der Waals surface area contributed by atoms with Gasteiger partial charge in [0.1, 0.15) is 26.2 Å². The van der Waals surface area contributed by atoms with Gasteiger partial charge in [-0.3, -0.25) is 20.6 Å². The van der Waals surface area contributed by atoms with Crippen LogP contribution in [-0.4, -0.2) is 37.9 Å². The third kappa shape index (κ3) is 4.47. The molecule has 0 saturated heterocycles. The Morgan fingerprint density at radius 3 is 1.28 bits per heavy atom. The van der Waals surface area contributed by atoms with Crippen molar-refractivity contribution in [2.75, 3.05) is 26.2 Å². The average Bonchev–Trinajstić information content (AvgIpc) is 3.51. The van der Waals surface area contributed by atoms with E-state index >= 15 is 0 Å². The molecule has 150 valence electrons. The molecule has 3 aromatic rings. The maximum Gasteiger partial charge on any atom is 0.275 e. The van der Waals surface area contributed by atoms with Gasteiger partial charge in [0.05, 0.1) is 11.1 Å². The van der Waals surface area contributed by atoms with Crippen LogP contribution in [0.25, 0.3) is 20.9 Å². The van der Waals surface area contributed by atoms with Crippen molar-refractivity contribution in [2.24, 2.45) is 0 Å². The number of rotatable bonds is 4. The second kappa shape index (κ2) is 9.44. The first kappa shape index (κ1) is 21.4. The molecule has 4 nitrogen and oxygen atoms in total. The lowest BCUT2D eigenvalue weighted by molar-refractivity contribution is -0.444. The van der Waals surface area contributed by atoms with E-state index < -0.39 is 0 Å². The van der Waals surface area contributed by atoms with Gasteiger partial charge in [-0.05, 0) is 47.5 Å². The van der Waals surface area contributed by atoms with Gasteiger partial charge in [0.15, 0.2) is 0 Å². The SMILES string of the molecule is [Cl-].[Cl-].c1cc(-c2ccc(-c3ccc(C4=[NH+]CCN4)cc3)s2)ccc1C1=[NH+]CCN1. The highest BCUT2D eigenvalue weighted by Gasteiger charge is 2.16. The second-order valence-electron chi connectivity index (χ2n) is 6.78. The van der Waals surface area contributed by atoms with Crippen LogP contribution in [0, 0.1) is 0 Å². The Bertz CT molecular complexity index is 942. The maximum absolute atomic E-state index is 3.38. The molecule has 0 radical (unpaired) electrons. The molecule has 0 amide bonds. The largest absolute Gasteiger partial charge is 1.00 e. The summed E-state index contributed by atoms with van der Waals surface area (Å²) in [6.07, 6.45) is 0. The predicted octanol–water partition coefficient (Wildman–Crippen LogP) is -6.05. The normalized spacial score (nSPS) is 14.8. The molecule has 0 spiro atoms. The highest BCUT2D eigenvalue weighted by molar-refractivity contribution is 7.18. The van der Waals surface area contributed by atoms with Crippen molar-refractivity contribution in [3.8, 4) is 20.9 Å². The maximum atomic E-state index is 3.38. The molecule has 2 aliphatic heterocycles. The molecular formula is C22H22Cl2N4S. The van der Waals surface area contributed by atoms with Crippen LogP contribution in [0.4, 0.5) is 0 Å². The molecule has 7 heteroatoms. The summed E-state index contributed by atoms with van der Waals surface area (Å²) >= 11 is 1.84. The minimum Gasteiger partial charge on any atom is -1.00 e. The van der Waals surface area contributed by atoms with E-state index in [0.717, 1.165) is 37.9 Å². The first-order valence-electron chi connectivity index (χ1n) is 9.38. The molecule has 0 saturated carbocycles. The molecule has 29 heavy (non-hydrogen) atoms. The molecular weight excluding hydrogens is 423 g/mol. The highest BCUT2D eigenvalue weighted by Crippen LogP contribution is 2.34. The van der Waals surface area contributed by atoms with E-state index in [4.69, 9.17) is 0 Å². The minimum atomic E-state index is 0. The van der Waals surface area contributed by atoms with E-state index in [1.165, 1.54) is 32.0 Å².